The van der Waals surface area contributed by atoms with Crippen LogP contribution in [-0.4, -0.2) is 59.9 Å². The molecule has 0 aromatic heterocycles. The topological polar surface area (TPSA) is 70.1 Å². The molecule has 2 aromatic carbocycles. The lowest BCUT2D eigenvalue weighted by Gasteiger charge is -2.26. The molecule has 1 atom stereocenters. The quantitative estimate of drug-likeness (QED) is 0.360. The molecule has 0 unspecified atom stereocenters. The van der Waals surface area contributed by atoms with Gasteiger partial charge in [-0.15, -0.1) is 0 Å². The van der Waals surface area contributed by atoms with Crippen molar-refractivity contribution in [1.82, 2.24) is 9.80 Å². The molecule has 1 heterocycles. The minimum Gasteiger partial charge on any atom is -0.507 e. The Morgan fingerprint density at radius 3 is 2.26 bits per heavy atom. The first-order chi connectivity index (χ1) is 14.7. The van der Waals surface area contributed by atoms with Crippen LogP contribution in [0.4, 0.5) is 0 Å². The molecule has 1 N–H and O–H groups in total. The van der Waals surface area contributed by atoms with Gasteiger partial charge in [0.1, 0.15) is 11.5 Å². The highest BCUT2D eigenvalue weighted by Gasteiger charge is 2.45. The highest BCUT2D eigenvalue weighted by molar-refractivity contribution is 9.10. The first kappa shape index (κ1) is 23.0. The largest absolute Gasteiger partial charge is 0.507 e. The van der Waals surface area contributed by atoms with E-state index in [1.807, 2.05) is 57.1 Å². The number of halogens is 1. The van der Waals surface area contributed by atoms with Crippen LogP contribution in [0, 0.1) is 0 Å². The van der Waals surface area contributed by atoms with Gasteiger partial charge in [0, 0.05) is 23.1 Å². The van der Waals surface area contributed by atoms with E-state index in [1.165, 1.54) is 4.90 Å². The zero-order valence-corrected chi connectivity index (χ0v) is 19.7. The van der Waals surface area contributed by atoms with Gasteiger partial charge in [0.05, 0.1) is 17.7 Å². The predicted octanol–water partition coefficient (Wildman–Crippen LogP) is 4.22. The van der Waals surface area contributed by atoms with Gasteiger partial charge in [0.15, 0.2) is 0 Å². The second-order valence-corrected chi connectivity index (χ2v) is 8.95. The van der Waals surface area contributed by atoms with E-state index in [2.05, 4.69) is 15.9 Å². The predicted molar refractivity (Wildman–Crippen MR) is 124 cm³/mol. The van der Waals surface area contributed by atoms with Crippen molar-refractivity contribution in [2.45, 2.75) is 26.0 Å². The van der Waals surface area contributed by atoms with Crippen LogP contribution in [0.1, 0.15) is 31.0 Å². The average Bonchev–Trinajstić information content (AvgIpc) is 2.97. The summed E-state index contributed by atoms with van der Waals surface area (Å²) < 4.78 is 6.57. The third-order valence-electron chi connectivity index (χ3n) is 5.01. The molecule has 7 heteroatoms. The Bertz CT molecular complexity index is 982. The number of amides is 1. The lowest BCUT2D eigenvalue weighted by atomic mass is 9.95. The Balaban J connectivity index is 2.08. The molecule has 3 rings (SSSR count). The number of carbonyl (C=O) groups excluding carboxylic acids is 2. The van der Waals surface area contributed by atoms with Crippen molar-refractivity contribution in [1.29, 1.82) is 0 Å². The number of hydrogen-bond acceptors (Lipinski definition) is 5. The standard InChI is InChI=1S/C24H27BrN2O4/c1-15(2)31-19-11-7-16(8-12-19)21-20(22(28)17-5-9-18(25)10-6-17)23(29)24(30)27(21)14-13-26(3)4/h5-12,15,21,28H,13-14H2,1-4H3/t21-/m0/s1. The zero-order chi connectivity index (χ0) is 22.7. The summed E-state index contributed by atoms with van der Waals surface area (Å²) >= 11 is 3.37. The van der Waals surface area contributed by atoms with Gasteiger partial charge in [-0.3, -0.25) is 9.59 Å². The maximum Gasteiger partial charge on any atom is 0.295 e. The van der Waals surface area contributed by atoms with Crippen molar-refractivity contribution in [2.24, 2.45) is 0 Å². The first-order valence-electron chi connectivity index (χ1n) is 10.1. The van der Waals surface area contributed by atoms with Crippen LogP contribution < -0.4 is 4.74 Å². The summed E-state index contributed by atoms with van der Waals surface area (Å²) in [6.07, 6.45) is 0.0361. The molecular weight excluding hydrogens is 460 g/mol. The molecule has 0 saturated carbocycles. The van der Waals surface area contributed by atoms with Crippen LogP contribution in [0.3, 0.4) is 0 Å². The van der Waals surface area contributed by atoms with Crippen molar-refractivity contribution in [2.75, 3.05) is 27.2 Å². The van der Waals surface area contributed by atoms with E-state index in [0.717, 1.165) is 10.0 Å². The lowest BCUT2D eigenvalue weighted by molar-refractivity contribution is -0.140. The summed E-state index contributed by atoms with van der Waals surface area (Å²) in [6, 6.07) is 13.6. The number of carbonyl (C=O) groups is 2. The normalized spacial score (nSPS) is 18.3. The van der Waals surface area contributed by atoms with Crippen molar-refractivity contribution in [3.05, 3.63) is 69.7 Å². The molecule has 1 amide bonds. The van der Waals surface area contributed by atoms with E-state index in [0.29, 0.717) is 24.4 Å². The smallest absolute Gasteiger partial charge is 0.295 e. The van der Waals surface area contributed by atoms with Crippen LogP contribution in [0.2, 0.25) is 0 Å². The lowest BCUT2D eigenvalue weighted by Crippen LogP contribution is -2.35. The molecule has 164 valence electrons. The molecule has 2 aromatic rings. The Labute approximate surface area is 191 Å². The summed E-state index contributed by atoms with van der Waals surface area (Å²) in [4.78, 5) is 29.4. The number of Topliss-reactive ketones (excluding diaryl/α,β-unsaturated/α-hetero) is 1. The molecule has 6 nitrogen and oxygen atoms in total. The Kier molecular flexibility index (Phi) is 7.18. The highest BCUT2D eigenvalue weighted by atomic mass is 79.9. The van der Waals surface area contributed by atoms with E-state index in [-0.39, 0.29) is 17.4 Å². The second kappa shape index (κ2) is 9.66. The first-order valence-corrected chi connectivity index (χ1v) is 10.9. The molecule has 0 radical (unpaired) electrons. The van der Waals surface area contributed by atoms with E-state index < -0.39 is 17.7 Å². The van der Waals surface area contributed by atoms with Gasteiger partial charge in [-0.05, 0) is 57.8 Å². The van der Waals surface area contributed by atoms with Crippen molar-refractivity contribution >= 4 is 33.4 Å². The number of rotatable bonds is 7. The molecule has 1 aliphatic rings. The molecule has 1 fully saturated rings. The molecule has 0 bridgehead atoms. The third kappa shape index (κ3) is 5.17. The number of ketones is 1. The fraction of sp³-hybridized carbons (Fsp3) is 0.333. The maximum absolute atomic E-state index is 13.0. The van der Waals surface area contributed by atoms with Gasteiger partial charge in [0.25, 0.3) is 11.7 Å². The van der Waals surface area contributed by atoms with Gasteiger partial charge in [0.2, 0.25) is 0 Å². The third-order valence-corrected chi connectivity index (χ3v) is 5.54. The molecule has 0 spiro atoms. The van der Waals surface area contributed by atoms with Crippen molar-refractivity contribution in [3.63, 3.8) is 0 Å². The fourth-order valence-corrected chi connectivity index (χ4v) is 3.79. The number of hydrogen-bond donors (Lipinski definition) is 1. The van der Waals surface area contributed by atoms with Crippen LogP contribution in [0.25, 0.3) is 5.76 Å². The van der Waals surface area contributed by atoms with Gasteiger partial charge in [-0.1, -0.05) is 40.2 Å². The summed E-state index contributed by atoms with van der Waals surface area (Å²) in [6.45, 7) is 4.85. The van der Waals surface area contributed by atoms with Gasteiger partial charge in [-0.25, -0.2) is 0 Å². The van der Waals surface area contributed by atoms with Crippen LogP contribution in [0.5, 0.6) is 5.75 Å². The number of likely N-dealkylation sites (N-methyl/N-ethyl adjacent to an activating group) is 1. The van der Waals surface area contributed by atoms with Gasteiger partial charge in [-0.2, -0.15) is 0 Å². The Morgan fingerprint density at radius 2 is 1.71 bits per heavy atom. The number of ether oxygens (including phenoxy) is 1. The summed E-state index contributed by atoms with van der Waals surface area (Å²) in [5.41, 5.74) is 1.33. The van der Waals surface area contributed by atoms with Crippen LogP contribution >= 0.6 is 15.9 Å². The Hall–Kier alpha value is -2.64. The second-order valence-electron chi connectivity index (χ2n) is 8.04. The molecule has 31 heavy (non-hydrogen) atoms. The average molecular weight is 487 g/mol. The summed E-state index contributed by atoms with van der Waals surface area (Å²) in [5, 5.41) is 11.0. The van der Waals surface area contributed by atoms with E-state index in [9.17, 15) is 14.7 Å². The highest BCUT2D eigenvalue weighted by Crippen LogP contribution is 2.39. The van der Waals surface area contributed by atoms with E-state index in [4.69, 9.17) is 4.74 Å². The van der Waals surface area contributed by atoms with Crippen molar-refractivity contribution < 1.29 is 19.4 Å². The SMILES string of the molecule is CC(C)Oc1ccc([C@H]2C(=C(O)c3ccc(Br)cc3)C(=O)C(=O)N2CCN(C)C)cc1. The van der Waals surface area contributed by atoms with E-state index in [1.54, 1.807) is 24.3 Å². The number of likely N-dealkylation sites (tertiary alicyclic amines) is 1. The molecule has 0 aliphatic carbocycles. The number of benzene rings is 2. The monoisotopic (exact) mass is 486 g/mol. The maximum atomic E-state index is 13.0. The van der Waals surface area contributed by atoms with Crippen LogP contribution in [0.15, 0.2) is 58.6 Å². The Morgan fingerprint density at radius 1 is 1.10 bits per heavy atom. The minimum absolute atomic E-state index is 0.0361. The molecule has 1 saturated heterocycles. The summed E-state index contributed by atoms with van der Waals surface area (Å²) in [5.74, 6) is -0.748. The molecule has 1 aliphatic heterocycles. The minimum atomic E-state index is -0.674. The van der Waals surface area contributed by atoms with E-state index >= 15 is 0 Å². The number of aliphatic hydroxyl groups is 1. The summed E-state index contributed by atoms with van der Waals surface area (Å²) in [7, 11) is 3.82. The van der Waals surface area contributed by atoms with Gasteiger partial charge >= 0.3 is 0 Å². The number of aliphatic hydroxyl groups excluding tert-OH is 1. The van der Waals surface area contributed by atoms with Crippen molar-refractivity contribution in [3.8, 4) is 5.75 Å². The molecular formula is C24H27BrN2O4. The zero-order valence-electron chi connectivity index (χ0n) is 18.1. The van der Waals surface area contributed by atoms with Gasteiger partial charge < -0.3 is 19.6 Å². The fourth-order valence-electron chi connectivity index (χ4n) is 3.53. The van der Waals surface area contributed by atoms with Crippen LogP contribution in [-0.2, 0) is 9.59 Å². The number of nitrogens with zero attached hydrogens (tertiary/aromatic N) is 2.